The van der Waals surface area contributed by atoms with E-state index in [1.54, 1.807) is 0 Å². The van der Waals surface area contributed by atoms with Crippen molar-refractivity contribution in [2.75, 3.05) is 11.2 Å². The van der Waals surface area contributed by atoms with Crippen LogP contribution >= 0.6 is 11.8 Å². The maximum Gasteiger partial charge on any atom is 0.167 e. The first-order chi connectivity index (χ1) is 7.81. The molecule has 0 aliphatic rings. The number of rotatable bonds is 3. The summed E-state index contributed by atoms with van der Waals surface area (Å²) in [5, 5.41) is 0.689. The van der Waals surface area contributed by atoms with Gasteiger partial charge in [0, 0.05) is 4.90 Å². The Morgan fingerprint density at radius 1 is 1.12 bits per heavy atom. The molecule has 1 aromatic carbocycles. The van der Waals surface area contributed by atoms with E-state index < -0.39 is 0 Å². The highest BCUT2D eigenvalue weighted by Gasteiger charge is 2.07. The first-order valence-electron chi connectivity index (χ1n) is 4.61. The van der Waals surface area contributed by atoms with Gasteiger partial charge in [0.25, 0.3) is 0 Å². The molecule has 16 heavy (non-hydrogen) atoms. The van der Waals surface area contributed by atoms with Gasteiger partial charge in [0.15, 0.2) is 5.82 Å². The molecule has 2 rings (SSSR count). The Balaban J connectivity index is 2.28. The van der Waals surface area contributed by atoms with Gasteiger partial charge in [-0.2, -0.15) is 0 Å². The maximum atomic E-state index is 5.85. The van der Waals surface area contributed by atoms with Crippen molar-refractivity contribution in [1.29, 1.82) is 0 Å². The van der Waals surface area contributed by atoms with E-state index in [2.05, 4.69) is 15.4 Å². The van der Waals surface area contributed by atoms with Gasteiger partial charge in [0.2, 0.25) is 0 Å². The molecule has 0 spiro atoms. The van der Waals surface area contributed by atoms with Crippen LogP contribution in [0.3, 0.4) is 0 Å². The lowest BCUT2D eigenvalue weighted by Crippen LogP contribution is -2.11. The van der Waals surface area contributed by atoms with Crippen LogP contribution in [-0.2, 0) is 0 Å². The van der Waals surface area contributed by atoms with E-state index in [0.717, 1.165) is 4.90 Å². The van der Waals surface area contributed by atoms with Crippen LogP contribution in [0.1, 0.15) is 0 Å². The van der Waals surface area contributed by atoms with E-state index in [1.165, 1.54) is 18.1 Å². The van der Waals surface area contributed by atoms with E-state index in [0.29, 0.717) is 16.5 Å². The molecule has 0 saturated heterocycles. The molecule has 5 nitrogen and oxygen atoms in total. The number of nitrogens with zero attached hydrogens (tertiary/aromatic N) is 2. The quantitative estimate of drug-likeness (QED) is 0.423. The smallest absolute Gasteiger partial charge is 0.167 e. The van der Waals surface area contributed by atoms with E-state index in [9.17, 15) is 0 Å². The molecular weight excluding hydrogens is 222 g/mol. The summed E-state index contributed by atoms with van der Waals surface area (Å²) in [6.45, 7) is 0. The van der Waals surface area contributed by atoms with Gasteiger partial charge in [0.1, 0.15) is 17.0 Å². The highest BCUT2D eigenvalue weighted by Crippen LogP contribution is 2.32. The second kappa shape index (κ2) is 4.82. The highest BCUT2D eigenvalue weighted by atomic mass is 32.2. The van der Waals surface area contributed by atoms with Crippen LogP contribution in [0.2, 0.25) is 0 Å². The lowest BCUT2D eigenvalue weighted by molar-refractivity contribution is 1.05. The Morgan fingerprint density at radius 2 is 1.88 bits per heavy atom. The van der Waals surface area contributed by atoms with Gasteiger partial charge in [-0.05, 0) is 12.1 Å². The average Bonchev–Trinajstić information content (AvgIpc) is 2.33. The summed E-state index contributed by atoms with van der Waals surface area (Å²) < 4.78 is 0. The zero-order valence-electron chi connectivity index (χ0n) is 8.42. The van der Waals surface area contributed by atoms with Crippen molar-refractivity contribution in [3.05, 3.63) is 36.7 Å². The molecule has 0 saturated carbocycles. The van der Waals surface area contributed by atoms with Crippen molar-refractivity contribution in [2.45, 2.75) is 9.92 Å². The molecule has 0 atom stereocenters. The van der Waals surface area contributed by atoms with Crippen LogP contribution in [0, 0.1) is 0 Å². The third kappa shape index (κ3) is 2.23. The average molecular weight is 233 g/mol. The Morgan fingerprint density at radius 3 is 2.56 bits per heavy atom. The van der Waals surface area contributed by atoms with Gasteiger partial charge < -0.3 is 11.2 Å². The standard InChI is InChI=1S/C10H11N5S/c11-8-9(15-12)13-6-14-10(8)16-7-4-2-1-3-5-7/h1-6H,11-12H2,(H,13,14,15). The fourth-order valence-electron chi connectivity index (χ4n) is 1.18. The summed E-state index contributed by atoms with van der Waals surface area (Å²) in [5.41, 5.74) is 8.74. The third-order valence-electron chi connectivity index (χ3n) is 1.94. The summed E-state index contributed by atoms with van der Waals surface area (Å²) in [4.78, 5) is 9.09. The largest absolute Gasteiger partial charge is 0.393 e. The normalized spacial score (nSPS) is 10.1. The minimum Gasteiger partial charge on any atom is -0.393 e. The fraction of sp³-hybridized carbons (Fsp3) is 0. The van der Waals surface area contributed by atoms with Crippen molar-refractivity contribution in [3.63, 3.8) is 0 Å². The molecule has 5 N–H and O–H groups in total. The second-order valence-corrected chi connectivity index (χ2v) is 4.06. The monoisotopic (exact) mass is 233 g/mol. The van der Waals surface area contributed by atoms with Gasteiger partial charge in [-0.1, -0.05) is 30.0 Å². The first-order valence-corrected chi connectivity index (χ1v) is 5.43. The zero-order chi connectivity index (χ0) is 11.4. The SMILES string of the molecule is NNc1ncnc(Sc2ccccc2)c1N. The van der Waals surface area contributed by atoms with E-state index in [4.69, 9.17) is 11.6 Å². The molecule has 2 aromatic rings. The van der Waals surface area contributed by atoms with E-state index >= 15 is 0 Å². The minimum atomic E-state index is 0.438. The molecule has 82 valence electrons. The number of benzene rings is 1. The summed E-state index contributed by atoms with van der Waals surface area (Å²) >= 11 is 1.47. The molecule has 0 aliphatic carbocycles. The lowest BCUT2D eigenvalue weighted by Gasteiger charge is -2.07. The van der Waals surface area contributed by atoms with Crippen LogP contribution in [0.15, 0.2) is 46.6 Å². The highest BCUT2D eigenvalue weighted by molar-refractivity contribution is 7.99. The minimum absolute atomic E-state index is 0.438. The van der Waals surface area contributed by atoms with Gasteiger partial charge in [-0.15, -0.1) is 0 Å². The van der Waals surface area contributed by atoms with Crippen LogP contribution in [-0.4, -0.2) is 9.97 Å². The summed E-state index contributed by atoms with van der Waals surface area (Å²) in [7, 11) is 0. The van der Waals surface area contributed by atoms with Crippen LogP contribution < -0.4 is 17.0 Å². The topological polar surface area (TPSA) is 89.8 Å². The lowest BCUT2D eigenvalue weighted by atomic mass is 10.4. The van der Waals surface area contributed by atoms with Crippen molar-refractivity contribution >= 4 is 23.3 Å². The molecule has 1 heterocycles. The molecule has 0 radical (unpaired) electrons. The number of hydrazine groups is 1. The van der Waals surface area contributed by atoms with Gasteiger partial charge in [-0.25, -0.2) is 15.8 Å². The van der Waals surface area contributed by atoms with Crippen LogP contribution in [0.5, 0.6) is 0 Å². The Bertz CT molecular complexity index is 474. The summed E-state index contributed by atoms with van der Waals surface area (Å²) in [6, 6.07) is 9.85. The molecule has 0 fully saturated rings. The fourth-order valence-corrected chi connectivity index (χ4v) is 2.00. The number of aromatic nitrogens is 2. The van der Waals surface area contributed by atoms with Crippen LogP contribution in [0.25, 0.3) is 0 Å². The number of nitrogens with one attached hydrogen (secondary N) is 1. The molecule has 0 aliphatic heterocycles. The molecule has 1 aromatic heterocycles. The third-order valence-corrected chi connectivity index (χ3v) is 2.97. The molecule has 6 heteroatoms. The van der Waals surface area contributed by atoms with Gasteiger partial charge in [0.05, 0.1) is 0 Å². The van der Waals surface area contributed by atoms with Crippen molar-refractivity contribution < 1.29 is 0 Å². The van der Waals surface area contributed by atoms with Crippen LogP contribution in [0.4, 0.5) is 11.5 Å². The van der Waals surface area contributed by atoms with Gasteiger partial charge >= 0.3 is 0 Å². The van der Waals surface area contributed by atoms with Crippen molar-refractivity contribution in [1.82, 2.24) is 9.97 Å². The van der Waals surface area contributed by atoms with Crippen molar-refractivity contribution in [2.24, 2.45) is 5.84 Å². The predicted molar refractivity (Wildman–Crippen MR) is 64.8 cm³/mol. The second-order valence-electron chi connectivity index (χ2n) is 3.00. The number of hydrogen-bond acceptors (Lipinski definition) is 6. The first kappa shape index (κ1) is 10.7. The Hall–Kier alpha value is -1.79. The summed E-state index contributed by atoms with van der Waals surface area (Å²) in [5.74, 6) is 5.72. The molecule has 0 bridgehead atoms. The van der Waals surface area contributed by atoms with E-state index in [-0.39, 0.29) is 0 Å². The molecule has 0 amide bonds. The number of nitrogens with two attached hydrogens (primary N) is 2. The molecular formula is C10H11N5S. The molecule has 0 unspecified atom stereocenters. The Labute approximate surface area is 97.3 Å². The zero-order valence-corrected chi connectivity index (χ0v) is 9.24. The Kier molecular flexibility index (Phi) is 3.23. The summed E-state index contributed by atoms with van der Waals surface area (Å²) in [6.07, 6.45) is 1.43. The predicted octanol–water partition coefficient (Wildman–Crippen LogP) is 1.50. The van der Waals surface area contributed by atoms with Gasteiger partial charge in [-0.3, -0.25) is 0 Å². The maximum absolute atomic E-state index is 5.85. The van der Waals surface area contributed by atoms with E-state index in [1.807, 2.05) is 30.3 Å². The van der Waals surface area contributed by atoms with Crippen molar-refractivity contribution in [3.8, 4) is 0 Å². The number of hydrogen-bond donors (Lipinski definition) is 3. The number of anilines is 2. The number of nitrogen functional groups attached to an aromatic ring is 2.